The zero-order valence-corrected chi connectivity index (χ0v) is 11.1. The lowest BCUT2D eigenvalue weighted by molar-refractivity contribution is -0.159. The third kappa shape index (κ3) is 2.62. The zero-order valence-electron chi connectivity index (χ0n) is 11.1. The first kappa shape index (κ1) is 13.6. The number of carbonyl (C=O) groups is 2. The van der Waals surface area contributed by atoms with E-state index in [9.17, 15) is 14.7 Å². The van der Waals surface area contributed by atoms with Crippen molar-refractivity contribution in [2.24, 2.45) is 5.41 Å². The fourth-order valence-corrected chi connectivity index (χ4v) is 2.36. The first-order chi connectivity index (χ1) is 9.08. The summed E-state index contributed by atoms with van der Waals surface area (Å²) in [7, 11) is 0. The van der Waals surface area contributed by atoms with Crippen molar-refractivity contribution in [2.45, 2.75) is 39.0 Å². The van der Waals surface area contributed by atoms with Crippen molar-refractivity contribution >= 4 is 17.6 Å². The minimum absolute atomic E-state index is 0.394. The molecular weight excluding hydrogens is 242 g/mol. The molecule has 0 bridgehead atoms. The lowest BCUT2D eigenvalue weighted by Crippen LogP contribution is -2.48. The third-order valence-corrected chi connectivity index (χ3v) is 3.80. The average Bonchev–Trinajstić information content (AvgIpc) is 2.30. The van der Waals surface area contributed by atoms with Crippen LogP contribution in [0.15, 0.2) is 24.3 Å². The second kappa shape index (κ2) is 5.43. The number of anilines is 1. The lowest BCUT2D eigenvalue weighted by atomic mass is 9.68. The van der Waals surface area contributed by atoms with E-state index in [0.29, 0.717) is 18.5 Å². The highest BCUT2D eigenvalue weighted by atomic mass is 16.4. The van der Waals surface area contributed by atoms with E-state index >= 15 is 0 Å². The van der Waals surface area contributed by atoms with Crippen LogP contribution in [-0.4, -0.2) is 17.0 Å². The molecule has 1 saturated carbocycles. The van der Waals surface area contributed by atoms with Gasteiger partial charge in [-0.25, -0.2) is 0 Å². The molecule has 0 atom stereocenters. The van der Waals surface area contributed by atoms with E-state index in [-0.39, 0.29) is 0 Å². The summed E-state index contributed by atoms with van der Waals surface area (Å²) in [6.45, 7) is 2.11. The lowest BCUT2D eigenvalue weighted by Gasteiger charge is -2.35. The molecule has 2 rings (SSSR count). The first-order valence-corrected chi connectivity index (χ1v) is 6.72. The molecule has 2 N–H and O–H groups in total. The summed E-state index contributed by atoms with van der Waals surface area (Å²) >= 11 is 0. The Balaban J connectivity index is 2.04. The maximum absolute atomic E-state index is 12.1. The molecule has 1 aliphatic rings. The van der Waals surface area contributed by atoms with Gasteiger partial charge in [0.05, 0.1) is 0 Å². The molecule has 0 aliphatic heterocycles. The number of carboxylic acids is 1. The van der Waals surface area contributed by atoms with E-state index in [1.54, 1.807) is 0 Å². The van der Waals surface area contributed by atoms with Gasteiger partial charge in [0.2, 0.25) is 5.91 Å². The van der Waals surface area contributed by atoms with Crippen molar-refractivity contribution in [1.29, 1.82) is 0 Å². The van der Waals surface area contributed by atoms with Gasteiger partial charge in [-0.15, -0.1) is 0 Å². The van der Waals surface area contributed by atoms with Crippen molar-refractivity contribution in [3.8, 4) is 0 Å². The third-order valence-electron chi connectivity index (χ3n) is 3.80. The Morgan fingerprint density at radius 3 is 2.32 bits per heavy atom. The molecule has 4 heteroatoms. The van der Waals surface area contributed by atoms with Gasteiger partial charge in [-0.05, 0) is 37.0 Å². The van der Waals surface area contributed by atoms with Crippen LogP contribution in [0.3, 0.4) is 0 Å². The van der Waals surface area contributed by atoms with Crippen LogP contribution in [0.2, 0.25) is 0 Å². The van der Waals surface area contributed by atoms with Crippen LogP contribution in [0.4, 0.5) is 5.69 Å². The number of aryl methyl sites for hydroxylation is 1. The quantitative estimate of drug-likeness (QED) is 0.801. The van der Waals surface area contributed by atoms with Crippen LogP contribution < -0.4 is 5.32 Å². The van der Waals surface area contributed by atoms with E-state index in [2.05, 4.69) is 12.2 Å². The Morgan fingerprint density at radius 2 is 1.89 bits per heavy atom. The number of aliphatic carboxylic acids is 1. The molecule has 1 aliphatic carbocycles. The molecule has 0 saturated heterocycles. The molecule has 0 aromatic heterocycles. The van der Waals surface area contributed by atoms with Crippen LogP contribution in [0.5, 0.6) is 0 Å². The van der Waals surface area contributed by atoms with Gasteiger partial charge in [-0.2, -0.15) is 0 Å². The van der Waals surface area contributed by atoms with E-state index in [4.69, 9.17) is 0 Å². The number of hydrogen-bond acceptors (Lipinski definition) is 2. The summed E-state index contributed by atoms with van der Waals surface area (Å²) in [5.74, 6) is -1.41. The van der Waals surface area contributed by atoms with E-state index < -0.39 is 17.3 Å². The molecule has 4 nitrogen and oxygen atoms in total. The highest BCUT2D eigenvalue weighted by Crippen LogP contribution is 2.42. The summed E-state index contributed by atoms with van der Waals surface area (Å²) in [6, 6.07) is 7.59. The fraction of sp³-hybridized carbons (Fsp3) is 0.467. The van der Waals surface area contributed by atoms with Crippen molar-refractivity contribution in [3.63, 3.8) is 0 Å². The van der Waals surface area contributed by atoms with E-state index in [0.717, 1.165) is 19.3 Å². The normalized spacial score (nSPS) is 16.5. The highest BCUT2D eigenvalue weighted by molar-refractivity contribution is 6.09. The average molecular weight is 261 g/mol. The number of nitrogens with one attached hydrogen (secondary N) is 1. The van der Waals surface area contributed by atoms with Gasteiger partial charge in [0.1, 0.15) is 5.41 Å². The SMILES string of the molecule is CCCc1ccc(NC(=O)C2(C(=O)O)CCC2)cc1. The molecular formula is C15H19NO3. The van der Waals surface area contributed by atoms with Crippen LogP contribution >= 0.6 is 0 Å². The predicted molar refractivity (Wildman–Crippen MR) is 73.0 cm³/mol. The van der Waals surface area contributed by atoms with Crippen LogP contribution in [0.1, 0.15) is 38.2 Å². The Hall–Kier alpha value is -1.84. The Bertz CT molecular complexity index is 475. The van der Waals surface area contributed by atoms with Crippen molar-refractivity contribution in [1.82, 2.24) is 0 Å². The molecule has 0 radical (unpaired) electrons. The van der Waals surface area contributed by atoms with Crippen LogP contribution in [-0.2, 0) is 16.0 Å². The number of amides is 1. The van der Waals surface area contributed by atoms with Gasteiger partial charge in [0.25, 0.3) is 0 Å². The minimum Gasteiger partial charge on any atom is -0.480 e. The molecule has 0 spiro atoms. The monoisotopic (exact) mass is 261 g/mol. The van der Waals surface area contributed by atoms with Gasteiger partial charge in [-0.1, -0.05) is 31.9 Å². The summed E-state index contributed by atoms with van der Waals surface area (Å²) in [6.07, 6.45) is 3.75. The minimum atomic E-state index is -1.21. The number of carboxylic acid groups (broad SMARTS) is 1. The predicted octanol–water partition coefficient (Wildman–Crippen LogP) is 2.83. The topological polar surface area (TPSA) is 66.4 Å². The highest BCUT2D eigenvalue weighted by Gasteiger charge is 2.51. The number of benzene rings is 1. The second-order valence-corrected chi connectivity index (χ2v) is 5.14. The van der Waals surface area contributed by atoms with Gasteiger partial charge >= 0.3 is 5.97 Å². The van der Waals surface area contributed by atoms with Crippen LogP contribution in [0.25, 0.3) is 0 Å². The smallest absolute Gasteiger partial charge is 0.319 e. The second-order valence-electron chi connectivity index (χ2n) is 5.14. The molecule has 1 fully saturated rings. The van der Waals surface area contributed by atoms with E-state index in [1.165, 1.54) is 5.56 Å². The van der Waals surface area contributed by atoms with Crippen LogP contribution in [0, 0.1) is 5.41 Å². The Kier molecular flexibility index (Phi) is 3.88. The largest absolute Gasteiger partial charge is 0.480 e. The molecule has 102 valence electrons. The van der Waals surface area contributed by atoms with E-state index in [1.807, 2.05) is 24.3 Å². The number of hydrogen-bond donors (Lipinski definition) is 2. The zero-order chi connectivity index (χ0) is 13.9. The van der Waals surface area contributed by atoms with Gasteiger partial charge in [-0.3, -0.25) is 9.59 Å². The Morgan fingerprint density at radius 1 is 1.26 bits per heavy atom. The first-order valence-electron chi connectivity index (χ1n) is 6.72. The number of carbonyl (C=O) groups excluding carboxylic acids is 1. The summed E-state index contributed by atoms with van der Waals surface area (Å²) < 4.78 is 0. The standard InChI is InChI=1S/C15H19NO3/c1-2-4-11-5-7-12(8-6-11)16-13(17)15(14(18)19)9-3-10-15/h5-8H,2-4,9-10H2,1H3,(H,16,17)(H,18,19). The maximum atomic E-state index is 12.1. The van der Waals surface area contributed by atoms with Gasteiger partial charge in [0.15, 0.2) is 0 Å². The maximum Gasteiger partial charge on any atom is 0.319 e. The molecule has 19 heavy (non-hydrogen) atoms. The summed E-state index contributed by atoms with van der Waals surface area (Å²) in [5.41, 5.74) is 0.678. The van der Waals surface area contributed by atoms with Crippen molar-refractivity contribution < 1.29 is 14.7 Å². The Labute approximate surface area is 112 Å². The van der Waals surface area contributed by atoms with Crippen molar-refractivity contribution in [2.75, 3.05) is 5.32 Å². The van der Waals surface area contributed by atoms with Gasteiger partial charge in [0, 0.05) is 5.69 Å². The molecule has 0 heterocycles. The molecule has 1 aromatic rings. The number of rotatable bonds is 5. The summed E-state index contributed by atoms with van der Waals surface area (Å²) in [4.78, 5) is 23.3. The molecule has 1 aromatic carbocycles. The molecule has 0 unspecified atom stereocenters. The summed E-state index contributed by atoms with van der Waals surface area (Å²) in [5, 5.41) is 11.9. The van der Waals surface area contributed by atoms with Gasteiger partial charge < -0.3 is 10.4 Å². The molecule has 1 amide bonds. The fourth-order valence-electron chi connectivity index (χ4n) is 2.36. The van der Waals surface area contributed by atoms with Crippen molar-refractivity contribution in [3.05, 3.63) is 29.8 Å².